The van der Waals surface area contributed by atoms with Crippen molar-refractivity contribution in [2.24, 2.45) is 0 Å². The number of ether oxygens (including phenoxy) is 1. The average molecular weight is 315 g/mol. The topological polar surface area (TPSA) is 100 Å². The minimum atomic E-state index is -0.550. The summed E-state index contributed by atoms with van der Waals surface area (Å²) in [5, 5.41) is 11.5. The van der Waals surface area contributed by atoms with E-state index in [1.807, 2.05) is 0 Å². The molecule has 3 rings (SSSR count). The lowest BCUT2D eigenvalue weighted by Crippen LogP contribution is -2.06. The van der Waals surface area contributed by atoms with E-state index in [9.17, 15) is 14.9 Å². The Bertz CT molecular complexity index is 957. The van der Waals surface area contributed by atoms with Crippen molar-refractivity contribution in [2.45, 2.75) is 13.5 Å². The molecule has 0 radical (unpaired) electrons. The molecule has 0 bridgehead atoms. The number of nitrogens with zero attached hydrogens (tertiary/aromatic N) is 3. The Labute approximate surface area is 130 Å². The molecule has 0 unspecified atom stereocenters. The smallest absolute Gasteiger partial charge is 0.381 e. The molecule has 0 atom stereocenters. The van der Waals surface area contributed by atoms with Crippen LogP contribution in [0.25, 0.3) is 11.0 Å². The van der Waals surface area contributed by atoms with Gasteiger partial charge in [-0.15, -0.1) is 0 Å². The maximum Gasteiger partial charge on any atom is 0.381 e. The molecule has 0 aliphatic rings. The Hall–Kier alpha value is -3.16. The first kappa shape index (κ1) is 14.8. The summed E-state index contributed by atoms with van der Waals surface area (Å²) in [6.45, 7) is 1.95. The normalized spacial score (nSPS) is 10.9. The van der Waals surface area contributed by atoms with Crippen LogP contribution in [0.15, 0.2) is 39.7 Å². The van der Waals surface area contributed by atoms with E-state index in [0.29, 0.717) is 22.7 Å². The maximum absolute atomic E-state index is 11.8. The zero-order valence-electron chi connectivity index (χ0n) is 12.5. The van der Waals surface area contributed by atoms with Crippen LogP contribution < -0.4 is 10.4 Å². The minimum Gasteiger partial charge on any atom is -0.497 e. The molecule has 23 heavy (non-hydrogen) atoms. The molecule has 8 nitrogen and oxygen atoms in total. The van der Waals surface area contributed by atoms with E-state index in [1.165, 1.54) is 19.4 Å². The average Bonchev–Trinajstić information content (AvgIpc) is 2.87. The number of hydrogen-bond donors (Lipinski definition) is 0. The van der Waals surface area contributed by atoms with Crippen molar-refractivity contribution in [3.05, 3.63) is 62.4 Å². The Kier molecular flexibility index (Phi) is 3.57. The molecule has 8 heteroatoms. The summed E-state index contributed by atoms with van der Waals surface area (Å²) in [6.07, 6.45) is 1.35. The van der Waals surface area contributed by atoms with E-state index in [2.05, 4.69) is 4.98 Å². The van der Waals surface area contributed by atoms with Gasteiger partial charge in [-0.3, -0.25) is 0 Å². The summed E-state index contributed by atoms with van der Waals surface area (Å²) < 4.78 is 11.9. The number of rotatable bonds is 4. The molecule has 2 aromatic heterocycles. The first-order valence-electron chi connectivity index (χ1n) is 6.77. The molecule has 3 aromatic rings. The molecule has 118 valence electrons. The highest BCUT2D eigenvalue weighted by atomic mass is 16.6. The van der Waals surface area contributed by atoms with Crippen LogP contribution in [0.5, 0.6) is 5.75 Å². The highest BCUT2D eigenvalue weighted by Gasteiger charge is 2.16. The molecule has 0 amide bonds. The van der Waals surface area contributed by atoms with Crippen molar-refractivity contribution >= 4 is 16.8 Å². The van der Waals surface area contributed by atoms with E-state index in [1.54, 1.807) is 29.7 Å². The number of hydrogen-bond acceptors (Lipinski definition) is 6. The maximum atomic E-state index is 11.8. The standard InChI is InChI=1S/C15H13N3O5/c1-9-16-14(18(20)21)8-17(9)7-10-5-15(19)23-13-6-11(22-2)3-4-12(10)13/h3-6,8H,7H2,1-2H3. The summed E-state index contributed by atoms with van der Waals surface area (Å²) >= 11 is 0. The molecule has 0 saturated heterocycles. The molecular formula is C15H13N3O5. The van der Waals surface area contributed by atoms with Gasteiger partial charge < -0.3 is 23.8 Å². The van der Waals surface area contributed by atoms with E-state index < -0.39 is 10.5 Å². The van der Waals surface area contributed by atoms with Gasteiger partial charge in [0.15, 0.2) is 0 Å². The van der Waals surface area contributed by atoms with Crippen molar-refractivity contribution in [3.8, 4) is 5.75 Å². The lowest BCUT2D eigenvalue weighted by molar-refractivity contribution is -0.389. The second-order valence-electron chi connectivity index (χ2n) is 4.98. The van der Waals surface area contributed by atoms with Crippen LogP contribution in [0, 0.1) is 17.0 Å². The number of nitro groups is 1. The number of methoxy groups -OCH3 is 1. The highest BCUT2D eigenvalue weighted by molar-refractivity contribution is 5.81. The van der Waals surface area contributed by atoms with E-state index in [0.717, 1.165) is 5.39 Å². The van der Waals surface area contributed by atoms with Crippen molar-refractivity contribution in [3.63, 3.8) is 0 Å². The summed E-state index contributed by atoms with van der Waals surface area (Å²) in [5.41, 5.74) is 0.599. The molecule has 0 spiro atoms. The van der Waals surface area contributed by atoms with Crippen LogP contribution >= 0.6 is 0 Å². The second kappa shape index (κ2) is 5.56. The number of fused-ring (bicyclic) bond motifs is 1. The van der Waals surface area contributed by atoms with Crippen molar-refractivity contribution in [1.82, 2.24) is 9.55 Å². The second-order valence-corrected chi connectivity index (χ2v) is 4.98. The van der Waals surface area contributed by atoms with E-state index in [4.69, 9.17) is 9.15 Å². The van der Waals surface area contributed by atoms with Gasteiger partial charge in [0.2, 0.25) is 5.82 Å². The Morgan fingerprint density at radius 2 is 2.17 bits per heavy atom. The number of aromatic nitrogens is 2. The Balaban J connectivity index is 2.09. The predicted molar refractivity (Wildman–Crippen MR) is 81.8 cm³/mol. The van der Waals surface area contributed by atoms with Gasteiger partial charge in [-0.1, -0.05) is 0 Å². The SMILES string of the molecule is COc1ccc2c(Cn3cc([N+](=O)[O-])nc3C)cc(=O)oc2c1. The number of benzene rings is 1. The number of imidazole rings is 1. The van der Waals surface area contributed by atoms with Gasteiger partial charge in [0.25, 0.3) is 0 Å². The van der Waals surface area contributed by atoms with Gasteiger partial charge in [0.05, 0.1) is 13.7 Å². The molecule has 2 heterocycles. The number of aryl methyl sites for hydroxylation is 1. The van der Waals surface area contributed by atoms with Gasteiger partial charge in [-0.2, -0.15) is 0 Å². The van der Waals surface area contributed by atoms with E-state index >= 15 is 0 Å². The van der Waals surface area contributed by atoms with E-state index in [-0.39, 0.29) is 12.4 Å². The molecular weight excluding hydrogens is 302 g/mol. The van der Waals surface area contributed by atoms with Gasteiger partial charge >= 0.3 is 11.4 Å². The third-order valence-corrected chi connectivity index (χ3v) is 3.53. The summed E-state index contributed by atoms with van der Waals surface area (Å²) in [6, 6.07) is 6.55. The third-order valence-electron chi connectivity index (χ3n) is 3.53. The molecule has 1 aromatic carbocycles. The quantitative estimate of drug-likeness (QED) is 0.416. The summed E-state index contributed by atoms with van der Waals surface area (Å²) in [7, 11) is 1.52. The molecule has 0 saturated carbocycles. The minimum absolute atomic E-state index is 0.226. The molecule has 0 N–H and O–H groups in total. The van der Waals surface area contributed by atoms with Gasteiger partial charge in [-0.05, 0) is 27.6 Å². The lowest BCUT2D eigenvalue weighted by atomic mass is 10.1. The predicted octanol–water partition coefficient (Wildman–Crippen LogP) is 2.26. The molecule has 0 fully saturated rings. The van der Waals surface area contributed by atoms with Crippen LogP contribution in [0.3, 0.4) is 0 Å². The van der Waals surface area contributed by atoms with Gasteiger partial charge in [-0.25, -0.2) is 4.79 Å². The highest BCUT2D eigenvalue weighted by Crippen LogP contribution is 2.23. The van der Waals surface area contributed by atoms with Crippen LogP contribution in [0.2, 0.25) is 0 Å². The van der Waals surface area contributed by atoms with Crippen molar-refractivity contribution in [1.29, 1.82) is 0 Å². The molecule has 0 aliphatic carbocycles. The summed E-state index contributed by atoms with van der Waals surface area (Å²) in [4.78, 5) is 25.9. The van der Waals surface area contributed by atoms with Gasteiger partial charge in [0.1, 0.15) is 17.5 Å². The fraction of sp³-hybridized carbons (Fsp3) is 0.200. The monoisotopic (exact) mass is 315 g/mol. The lowest BCUT2D eigenvalue weighted by Gasteiger charge is -2.07. The van der Waals surface area contributed by atoms with Crippen LogP contribution in [-0.4, -0.2) is 21.6 Å². The fourth-order valence-electron chi connectivity index (χ4n) is 2.39. The largest absolute Gasteiger partial charge is 0.497 e. The van der Waals surface area contributed by atoms with Crippen molar-refractivity contribution in [2.75, 3.05) is 7.11 Å². The first-order chi connectivity index (χ1) is 11.0. The summed E-state index contributed by atoms with van der Waals surface area (Å²) in [5.74, 6) is 0.843. The van der Waals surface area contributed by atoms with Crippen LogP contribution in [-0.2, 0) is 6.54 Å². The van der Waals surface area contributed by atoms with Crippen LogP contribution in [0.4, 0.5) is 5.82 Å². The molecule has 0 aliphatic heterocycles. The Morgan fingerprint density at radius 3 is 2.83 bits per heavy atom. The van der Waals surface area contributed by atoms with Crippen LogP contribution in [0.1, 0.15) is 11.4 Å². The van der Waals surface area contributed by atoms with Gasteiger partial charge in [0, 0.05) is 24.4 Å². The fourth-order valence-corrected chi connectivity index (χ4v) is 2.39. The zero-order chi connectivity index (χ0) is 16.6. The Morgan fingerprint density at radius 1 is 1.39 bits per heavy atom. The zero-order valence-corrected chi connectivity index (χ0v) is 12.5. The third kappa shape index (κ3) is 2.78. The van der Waals surface area contributed by atoms with Crippen molar-refractivity contribution < 1.29 is 14.1 Å². The first-order valence-corrected chi connectivity index (χ1v) is 6.77.